The van der Waals surface area contributed by atoms with E-state index in [1.54, 1.807) is 36.4 Å². The van der Waals surface area contributed by atoms with Crippen LogP contribution >= 0.6 is 0 Å². The molecule has 3 aromatic carbocycles. The van der Waals surface area contributed by atoms with E-state index in [1.165, 1.54) is 25.3 Å². The van der Waals surface area contributed by atoms with E-state index in [0.717, 1.165) is 16.8 Å². The molecule has 0 heterocycles. The number of hydrogen-bond acceptors (Lipinski definition) is 6. The van der Waals surface area contributed by atoms with Crippen LogP contribution in [0.1, 0.15) is 27.0 Å². The molecule has 0 aliphatic carbocycles. The first-order valence-electron chi connectivity index (χ1n) is 11.0. The quantitative estimate of drug-likeness (QED) is 0.274. The SMILES string of the molecule is COC(=O)c1ccc(NC(=O)/C(C#N)=C\c2ccc(OCC(=O)Nc3cc(C)ccc3C)cc2)cc1. The van der Waals surface area contributed by atoms with E-state index in [9.17, 15) is 19.6 Å². The van der Waals surface area contributed by atoms with Gasteiger partial charge in [0.2, 0.25) is 0 Å². The second-order valence-electron chi connectivity index (χ2n) is 7.92. The Bertz CT molecular complexity index is 1340. The lowest BCUT2D eigenvalue weighted by Crippen LogP contribution is -2.20. The molecule has 0 aromatic heterocycles. The number of carbonyl (C=O) groups excluding carboxylic acids is 3. The molecule has 0 bridgehead atoms. The van der Waals surface area contributed by atoms with Gasteiger partial charge in [-0.15, -0.1) is 0 Å². The molecular formula is C28H25N3O5. The maximum atomic E-state index is 12.5. The van der Waals surface area contributed by atoms with Crippen molar-refractivity contribution in [3.63, 3.8) is 0 Å². The zero-order chi connectivity index (χ0) is 26.1. The number of amides is 2. The van der Waals surface area contributed by atoms with E-state index >= 15 is 0 Å². The van der Waals surface area contributed by atoms with Crippen LogP contribution in [0.3, 0.4) is 0 Å². The fourth-order valence-electron chi connectivity index (χ4n) is 3.19. The Morgan fingerprint density at radius 3 is 2.28 bits per heavy atom. The van der Waals surface area contributed by atoms with E-state index < -0.39 is 11.9 Å². The van der Waals surface area contributed by atoms with Gasteiger partial charge >= 0.3 is 5.97 Å². The van der Waals surface area contributed by atoms with Gasteiger partial charge in [-0.05, 0) is 79.1 Å². The van der Waals surface area contributed by atoms with Crippen LogP contribution in [-0.4, -0.2) is 31.5 Å². The van der Waals surface area contributed by atoms with Crippen LogP contribution in [0.4, 0.5) is 11.4 Å². The summed E-state index contributed by atoms with van der Waals surface area (Å²) in [7, 11) is 1.28. The van der Waals surface area contributed by atoms with Gasteiger partial charge < -0.3 is 20.1 Å². The standard InChI is InChI=1S/C28H25N3O5/c1-18-4-5-19(2)25(14-18)31-26(32)17-36-24-12-6-20(7-13-24)15-22(16-29)27(33)30-23-10-8-21(9-11-23)28(34)35-3/h4-15H,17H2,1-3H3,(H,30,33)(H,31,32)/b22-15-. The highest BCUT2D eigenvalue weighted by Crippen LogP contribution is 2.18. The highest BCUT2D eigenvalue weighted by molar-refractivity contribution is 6.09. The van der Waals surface area contributed by atoms with Crippen molar-refractivity contribution in [2.75, 3.05) is 24.4 Å². The molecule has 0 fully saturated rings. The van der Waals surface area contributed by atoms with Gasteiger partial charge in [-0.25, -0.2) is 4.79 Å². The number of methoxy groups -OCH3 is 1. The number of nitrogens with zero attached hydrogens (tertiary/aromatic N) is 1. The fraction of sp³-hybridized carbons (Fsp3) is 0.143. The minimum atomic E-state index is -0.591. The number of hydrogen-bond donors (Lipinski definition) is 2. The van der Waals surface area contributed by atoms with Gasteiger partial charge in [0.15, 0.2) is 6.61 Å². The fourth-order valence-corrected chi connectivity index (χ4v) is 3.19. The summed E-state index contributed by atoms with van der Waals surface area (Å²) in [5.74, 6) is -0.890. The smallest absolute Gasteiger partial charge is 0.337 e. The molecule has 36 heavy (non-hydrogen) atoms. The second kappa shape index (κ2) is 12.0. The Labute approximate surface area is 209 Å². The van der Waals surface area contributed by atoms with Gasteiger partial charge in [-0.2, -0.15) is 5.26 Å². The number of anilines is 2. The Morgan fingerprint density at radius 1 is 0.944 bits per heavy atom. The minimum Gasteiger partial charge on any atom is -0.484 e. The van der Waals surface area contributed by atoms with E-state index in [0.29, 0.717) is 22.6 Å². The number of ether oxygens (including phenoxy) is 2. The van der Waals surface area contributed by atoms with Crippen LogP contribution in [0, 0.1) is 25.2 Å². The zero-order valence-electron chi connectivity index (χ0n) is 20.1. The molecule has 0 saturated carbocycles. The second-order valence-corrected chi connectivity index (χ2v) is 7.92. The van der Waals surface area contributed by atoms with Crippen LogP contribution in [0.25, 0.3) is 6.08 Å². The van der Waals surface area contributed by atoms with E-state index in [2.05, 4.69) is 15.4 Å². The summed E-state index contributed by atoms with van der Waals surface area (Å²) >= 11 is 0. The molecule has 2 N–H and O–H groups in total. The lowest BCUT2D eigenvalue weighted by atomic mass is 10.1. The Balaban J connectivity index is 1.58. The maximum Gasteiger partial charge on any atom is 0.337 e. The summed E-state index contributed by atoms with van der Waals surface area (Å²) in [6.07, 6.45) is 1.44. The van der Waals surface area contributed by atoms with Crippen LogP contribution in [0.2, 0.25) is 0 Å². The number of nitrogens with one attached hydrogen (secondary N) is 2. The zero-order valence-corrected chi connectivity index (χ0v) is 20.1. The first kappa shape index (κ1) is 25.7. The van der Waals surface area contributed by atoms with Crippen LogP contribution in [-0.2, 0) is 14.3 Å². The highest BCUT2D eigenvalue weighted by atomic mass is 16.5. The number of aryl methyl sites for hydroxylation is 2. The Hall–Kier alpha value is -4.90. The van der Waals surface area contributed by atoms with Gasteiger partial charge in [0.1, 0.15) is 17.4 Å². The van der Waals surface area contributed by atoms with Gasteiger partial charge in [-0.3, -0.25) is 9.59 Å². The predicted molar refractivity (Wildman–Crippen MR) is 136 cm³/mol. The summed E-state index contributed by atoms with van der Waals surface area (Å²) in [5.41, 5.74) is 4.02. The van der Waals surface area contributed by atoms with Gasteiger partial charge in [0.05, 0.1) is 12.7 Å². The largest absolute Gasteiger partial charge is 0.484 e. The normalized spacial score (nSPS) is 10.7. The van der Waals surface area contributed by atoms with Crippen molar-refractivity contribution in [1.29, 1.82) is 5.26 Å². The topological polar surface area (TPSA) is 118 Å². The molecule has 0 atom stereocenters. The summed E-state index contributed by atoms with van der Waals surface area (Å²) < 4.78 is 10.2. The van der Waals surface area contributed by atoms with Crippen molar-refractivity contribution < 1.29 is 23.9 Å². The third-order valence-corrected chi connectivity index (χ3v) is 5.16. The van der Waals surface area contributed by atoms with Gasteiger partial charge in [0.25, 0.3) is 11.8 Å². The van der Waals surface area contributed by atoms with Crippen LogP contribution in [0.5, 0.6) is 5.75 Å². The average Bonchev–Trinajstić information content (AvgIpc) is 2.88. The molecule has 0 spiro atoms. The lowest BCUT2D eigenvalue weighted by Gasteiger charge is -2.10. The monoisotopic (exact) mass is 483 g/mol. The maximum absolute atomic E-state index is 12.5. The van der Waals surface area contributed by atoms with Crippen molar-refractivity contribution in [1.82, 2.24) is 0 Å². The summed E-state index contributed by atoms with van der Waals surface area (Å²) in [4.78, 5) is 36.3. The van der Waals surface area contributed by atoms with Crippen LogP contribution in [0.15, 0.2) is 72.3 Å². The molecule has 3 aromatic rings. The Kier molecular flexibility index (Phi) is 8.57. The first-order chi connectivity index (χ1) is 17.3. The molecule has 182 valence electrons. The number of rotatable bonds is 8. The van der Waals surface area contributed by atoms with E-state index in [1.807, 2.05) is 38.1 Å². The third kappa shape index (κ3) is 7.05. The van der Waals surface area contributed by atoms with Crippen molar-refractivity contribution >= 4 is 35.2 Å². The predicted octanol–water partition coefficient (Wildman–Crippen LogP) is 4.65. The van der Waals surface area contributed by atoms with Crippen molar-refractivity contribution in [3.8, 4) is 11.8 Å². The molecular weight excluding hydrogens is 458 g/mol. The van der Waals surface area contributed by atoms with E-state index in [4.69, 9.17) is 4.74 Å². The average molecular weight is 484 g/mol. The summed E-state index contributed by atoms with van der Waals surface area (Å²) in [6.45, 7) is 3.70. The molecule has 0 saturated heterocycles. The molecule has 0 aliphatic heterocycles. The number of nitriles is 1. The third-order valence-electron chi connectivity index (χ3n) is 5.16. The molecule has 8 nitrogen and oxygen atoms in total. The van der Waals surface area contributed by atoms with Gasteiger partial charge in [0, 0.05) is 11.4 Å². The minimum absolute atomic E-state index is 0.103. The Morgan fingerprint density at radius 2 is 1.64 bits per heavy atom. The first-order valence-corrected chi connectivity index (χ1v) is 11.0. The van der Waals surface area contributed by atoms with E-state index in [-0.39, 0.29) is 18.1 Å². The number of carbonyl (C=O) groups is 3. The lowest BCUT2D eigenvalue weighted by molar-refractivity contribution is -0.118. The molecule has 0 aliphatic rings. The number of esters is 1. The van der Waals surface area contributed by atoms with Crippen molar-refractivity contribution in [3.05, 3.63) is 94.6 Å². The number of benzene rings is 3. The molecule has 0 unspecified atom stereocenters. The van der Waals surface area contributed by atoms with Crippen molar-refractivity contribution in [2.45, 2.75) is 13.8 Å². The molecule has 2 amide bonds. The highest BCUT2D eigenvalue weighted by Gasteiger charge is 2.11. The van der Waals surface area contributed by atoms with Gasteiger partial charge in [-0.1, -0.05) is 24.3 Å². The van der Waals surface area contributed by atoms with Crippen molar-refractivity contribution in [2.24, 2.45) is 0 Å². The summed E-state index contributed by atoms with van der Waals surface area (Å²) in [5, 5.41) is 14.9. The molecule has 3 rings (SSSR count). The van der Waals surface area contributed by atoms with Crippen LogP contribution < -0.4 is 15.4 Å². The molecule has 0 radical (unpaired) electrons. The molecule has 8 heteroatoms. The summed E-state index contributed by atoms with van der Waals surface area (Å²) in [6, 6.07) is 20.5.